The van der Waals surface area contributed by atoms with Gasteiger partial charge in [0.05, 0.1) is 6.54 Å². The fourth-order valence-corrected chi connectivity index (χ4v) is 3.50. The van der Waals surface area contributed by atoms with E-state index in [1.807, 2.05) is 4.90 Å². The van der Waals surface area contributed by atoms with Crippen molar-refractivity contribution in [2.24, 2.45) is 0 Å². The molecule has 5 nitrogen and oxygen atoms in total. The maximum absolute atomic E-state index is 12.2. The number of nitrogens with zero attached hydrogens (tertiary/aromatic N) is 3. The summed E-state index contributed by atoms with van der Waals surface area (Å²) in [4.78, 5) is 30.1. The molecule has 0 spiro atoms. The van der Waals surface area contributed by atoms with Crippen LogP contribution in [0.25, 0.3) is 0 Å². The first-order valence-electron chi connectivity index (χ1n) is 7.48. The maximum atomic E-state index is 12.2. The van der Waals surface area contributed by atoms with Gasteiger partial charge in [-0.05, 0) is 19.4 Å². The van der Waals surface area contributed by atoms with E-state index in [4.69, 9.17) is 0 Å². The lowest BCUT2D eigenvalue weighted by Crippen LogP contribution is -2.53. The Morgan fingerprint density at radius 1 is 1.11 bits per heavy atom. The number of likely N-dealkylation sites (tertiary alicyclic amines) is 1. The number of piperazine rings is 1. The third-order valence-electron chi connectivity index (χ3n) is 4.70. The van der Waals surface area contributed by atoms with Gasteiger partial charge in [-0.3, -0.25) is 19.4 Å². The van der Waals surface area contributed by atoms with Crippen LogP contribution < -0.4 is 0 Å². The molecule has 0 aromatic rings. The molecular formula is C14H23N3O2. The molecule has 0 bridgehead atoms. The second kappa shape index (κ2) is 5.59. The van der Waals surface area contributed by atoms with Crippen molar-refractivity contribution in [3.63, 3.8) is 0 Å². The topological polar surface area (TPSA) is 43.9 Å². The molecule has 3 saturated heterocycles. The van der Waals surface area contributed by atoms with Gasteiger partial charge in [-0.2, -0.15) is 0 Å². The zero-order valence-electron chi connectivity index (χ0n) is 11.5. The summed E-state index contributed by atoms with van der Waals surface area (Å²) in [6, 6.07) is 0.671. The van der Waals surface area contributed by atoms with Crippen LogP contribution in [0.2, 0.25) is 0 Å². The van der Waals surface area contributed by atoms with E-state index in [2.05, 4.69) is 9.80 Å². The summed E-state index contributed by atoms with van der Waals surface area (Å²) in [6.07, 6.45) is 3.67. The highest BCUT2D eigenvalue weighted by Crippen LogP contribution is 2.21. The number of amides is 1. The summed E-state index contributed by atoms with van der Waals surface area (Å²) in [5, 5.41) is 0. The van der Waals surface area contributed by atoms with E-state index in [9.17, 15) is 9.59 Å². The summed E-state index contributed by atoms with van der Waals surface area (Å²) in [7, 11) is 0. The number of Topliss-reactive ketones (excluding diaryl/α,β-unsaturated/α-hetero) is 1. The van der Waals surface area contributed by atoms with Crippen molar-refractivity contribution >= 4 is 11.7 Å². The van der Waals surface area contributed by atoms with Gasteiger partial charge in [0.1, 0.15) is 5.78 Å². The highest BCUT2D eigenvalue weighted by molar-refractivity contribution is 5.84. The van der Waals surface area contributed by atoms with Crippen LogP contribution in [-0.2, 0) is 9.59 Å². The third-order valence-corrected chi connectivity index (χ3v) is 4.70. The minimum Gasteiger partial charge on any atom is -0.341 e. The third kappa shape index (κ3) is 2.98. The number of fused-ring (bicyclic) bond motifs is 1. The van der Waals surface area contributed by atoms with E-state index in [1.165, 1.54) is 19.4 Å². The summed E-state index contributed by atoms with van der Waals surface area (Å²) in [5.74, 6) is 0.502. The Kier molecular flexibility index (Phi) is 3.84. The van der Waals surface area contributed by atoms with Gasteiger partial charge in [-0.1, -0.05) is 0 Å². The Hall–Kier alpha value is -0.940. The van der Waals surface area contributed by atoms with Gasteiger partial charge in [0.25, 0.3) is 0 Å². The Balaban J connectivity index is 1.48. The van der Waals surface area contributed by atoms with Gasteiger partial charge in [-0.25, -0.2) is 0 Å². The van der Waals surface area contributed by atoms with Crippen LogP contribution in [0.4, 0.5) is 0 Å². The number of hydrogen-bond donors (Lipinski definition) is 0. The van der Waals surface area contributed by atoms with E-state index in [0.29, 0.717) is 44.3 Å². The molecule has 1 unspecified atom stereocenters. The molecule has 1 atom stereocenters. The average Bonchev–Trinajstić information content (AvgIpc) is 2.87. The predicted octanol–water partition coefficient (Wildman–Crippen LogP) is -0.0421. The average molecular weight is 265 g/mol. The molecule has 0 aliphatic carbocycles. The Bertz CT molecular complexity index is 362. The molecular weight excluding hydrogens is 242 g/mol. The number of carbonyl (C=O) groups is 2. The van der Waals surface area contributed by atoms with Gasteiger partial charge < -0.3 is 4.90 Å². The molecule has 3 aliphatic heterocycles. The second-order valence-electron chi connectivity index (χ2n) is 5.99. The fourth-order valence-electron chi connectivity index (χ4n) is 3.50. The van der Waals surface area contributed by atoms with Gasteiger partial charge in [0, 0.05) is 51.6 Å². The molecule has 1 amide bonds. The molecule has 0 aromatic carbocycles. The molecule has 5 heteroatoms. The van der Waals surface area contributed by atoms with Crippen LogP contribution >= 0.6 is 0 Å². The molecule has 19 heavy (non-hydrogen) atoms. The van der Waals surface area contributed by atoms with E-state index >= 15 is 0 Å². The molecule has 3 fully saturated rings. The van der Waals surface area contributed by atoms with Crippen LogP contribution in [-0.4, -0.2) is 78.2 Å². The Labute approximate surface area is 114 Å². The first-order chi connectivity index (χ1) is 9.22. The van der Waals surface area contributed by atoms with Gasteiger partial charge in [0.15, 0.2) is 0 Å². The number of rotatable bonds is 2. The van der Waals surface area contributed by atoms with E-state index < -0.39 is 0 Å². The van der Waals surface area contributed by atoms with Crippen molar-refractivity contribution in [1.29, 1.82) is 0 Å². The van der Waals surface area contributed by atoms with Crippen LogP contribution in [0.1, 0.15) is 25.7 Å². The molecule has 0 N–H and O–H groups in total. The summed E-state index contributed by atoms with van der Waals surface area (Å²) in [6.45, 7) is 6.19. The number of hydrogen-bond acceptors (Lipinski definition) is 4. The van der Waals surface area contributed by atoms with Gasteiger partial charge >= 0.3 is 0 Å². The standard InChI is InChI=1S/C14H23N3O2/c18-13-3-6-17(7-4-13)14(19)11-15-8-9-16-5-1-2-12(16)10-15/h12H,1-11H2. The molecule has 3 heterocycles. The summed E-state index contributed by atoms with van der Waals surface area (Å²) < 4.78 is 0. The van der Waals surface area contributed by atoms with Gasteiger partial charge in [-0.15, -0.1) is 0 Å². The molecule has 0 aromatic heterocycles. The Morgan fingerprint density at radius 3 is 2.68 bits per heavy atom. The largest absolute Gasteiger partial charge is 0.341 e. The predicted molar refractivity (Wildman–Crippen MR) is 71.9 cm³/mol. The van der Waals surface area contributed by atoms with Crippen molar-refractivity contribution in [3.8, 4) is 0 Å². The zero-order chi connectivity index (χ0) is 13.2. The van der Waals surface area contributed by atoms with Crippen LogP contribution in [0.3, 0.4) is 0 Å². The lowest BCUT2D eigenvalue weighted by atomic mass is 10.1. The SMILES string of the molecule is O=C1CCN(C(=O)CN2CCN3CCCC3C2)CC1. The van der Waals surface area contributed by atoms with E-state index in [1.54, 1.807) is 0 Å². The van der Waals surface area contributed by atoms with Crippen LogP contribution in [0, 0.1) is 0 Å². The molecule has 0 radical (unpaired) electrons. The number of piperidine rings is 1. The zero-order valence-corrected chi connectivity index (χ0v) is 11.5. The molecule has 106 valence electrons. The summed E-state index contributed by atoms with van der Waals surface area (Å²) >= 11 is 0. The van der Waals surface area contributed by atoms with Crippen molar-refractivity contribution < 1.29 is 9.59 Å². The van der Waals surface area contributed by atoms with Crippen LogP contribution in [0.15, 0.2) is 0 Å². The van der Waals surface area contributed by atoms with Crippen molar-refractivity contribution in [2.75, 3.05) is 45.8 Å². The number of carbonyl (C=O) groups excluding carboxylic acids is 2. The Morgan fingerprint density at radius 2 is 1.89 bits per heavy atom. The minimum atomic E-state index is 0.207. The normalized spacial score (nSPS) is 29.6. The minimum absolute atomic E-state index is 0.207. The monoisotopic (exact) mass is 265 g/mol. The first kappa shape index (κ1) is 13.1. The lowest BCUT2D eigenvalue weighted by Gasteiger charge is -2.38. The highest BCUT2D eigenvalue weighted by Gasteiger charge is 2.32. The highest BCUT2D eigenvalue weighted by atomic mass is 16.2. The fraction of sp³-hybridized carbons (Fsp3) is 0.857. The van der Waals surface area contributed by atoms with Crippen molar-refractivity contribution in [2.45, 2.75) is 31.7 Å². The smallest absolute Gasteiger partial charge is 0.236 e. The first-order valence-corrected chi connectivity index (χ1v) is 7.48. The lowest BCUT2D eigenvalue weighted by molar-refractivity contribution is -0.136. The van der Waals surface area contributed by atoms with Gasteiger partial charge in [0.2, 0.25) is 5.91 Å². The quantitative estimate of drug-likeness (QED) is 0.702. The second-order valence-corrected chi connectivity index (χ2v) is 5.99. The maximum Gasteiger partial charge on any atom is 0.236 e. The molecule has 3 aliphatic rings. The molecule has 3 rings (SSSR count). The van der Waals surface area contributed by atoms with E-state index in [-0.39, 0.29) is 5.91 Å². The van der Waals surface area contributed by atoms with Crippen molar-refractivity contribution in [1.82, 2.24) is 14.7 Å². The van der Waals surface area contributed by atoms with Crippen molar-refractivity contribution in [3.05, 3.63) is 0 Å². The van der Waals surface area contributed by atoms with Crippen LogP contribution in [0.5, 0.6) is 0 Å². The summed E-state index contributed by atoms with van der Waals surface area (Å²) in [5.41, 5.74) is 0. The number of ketones is 1. The molecule has 0 saturated carbocycles. The van der Waals surface area contributed by atoms with E-state index in [0.717, 1.165) is 19.6 Å².